The van der Waals surface area contributed by atoms with Crippen LogP contribution in [-0.4, -0.2) is 52.1 Å². The van der Waals surface area contributed by atoms with Crippen molar-refractivity contribution < 1.29 is 5.11 Å². The fourth-order valence-corrected chi connectivity index (χ4v) is 4.37. The van der Waals surface area contributed by atoms with Crippen molar-refractivity contribution in [2.45, 2.75) is 25.0 Å². The molecule has 1 N–H and O–H groups in total. The summed E-state index contributed by atoms with van der Waals surface area (Å²) < 4.78 is 0. The van der Waals surface area contributed by atoms with Crippen LogP contribution >= 0.6 is 0 Å². The molecule has 3 unspecified atom stereocenters. The summed E-state index contributed by atoms with van der Waals surface area (Å²) in [5, 5.41) is 11.3. The molecule has 3 atom stereocenters. The smallest absolute Gasteiger partial charge is 0.224 e. The van der Waals surface area contributed by atoms with Gasteiger partial charge in [-0.25, -0.2) is 9.97 Å². The van der Waals surface area contributed by atoms with Crippen molar-refractivity contribution in [1.29, 1.82) is 0 Å². The minimum absolute atomic E-state index is 0.254. The van der Waals surface area contributed by atoms with Crippen LogP contribution in [0.15, 0.2) is 36.8 Å². The molecule has 2 aromatic heterocycles. The van der Waals surface area contributed by atoms with E-state index < -0.39 is 5.60 Å². The van der Waals surface area contributed by atoms with Crippen molar-refractivity contribution in [3.63, 3.8) is 0 Å². The Bertz CT molecular complexity index is 720. The molecule has 1 saturated carbocycles. The fourth-order valence-electron chi connectivity index (χ4n) is 4.37. The highest BCUT2D eigenvalue weighted by Crippen LogP contribution is 2.50. The molecule has 2 aromatic rings. The molecule has 6 nitrogen and oxygen atoms in total. The number of pyridine rings is 1. The van der Waals surface area contributed by atoms with Crippen molar-refractivity contribution in [2.75, 3.05) is 32.1 Å². The normalized spacial score (nSPS) is 28.9. The van der Waals surface area contributed by atoms with Crippen LogP contribution in [0.25, 0.3) is 0 Å². The van der Waals surface area contributed by atoms with E-state index in [1.165, 1.54) is 0 Å². The average molecular weight is 339 g/mol. The Balaban J connectivity index is 1.46. The van der Waals surface area contributed by atoms with Crippen LogP contribution in [0.2, 0.25) is 0 Å². The van der Waals surface area contributed by atoms with Crippen LogP contribution in [0.1, 0.15) is 24.1 Å². The van der Waals surface area contributed by atoms with Crippen LogP contribution < -0.4 is 4.90 Å². The summed E-state index contributed by atoms with van der Waals surface area (Å²) in [6.07, 6.45) is 7.46. The Hall–Kier alpha value is -2.05. The highest BCUT2D eigenvalue weighted by molar-refractivity contribution is 5.26. The second-order valence-corrected chi connectivity index (χ2v) is 7.52. The maximum Gasteiger partial charge on any atom is 0.224 e. The van der Waals surface area contributed by atoms with Crippen LogP contribution in [0.4, 0.5) is 5.95 Å². The molecule has 2 aliphatic rings. The van der Waals surface area contributed by atoms with E-state index in [4.69, 9.17) is 0 Å². The van der Waals surface area contributed by atoms with Gasteiger partial charge < -0.3 is 10.0 Å². The van der Waals surface area contributed by atoms with E-state index in [0.717, 1.165) is 49.7 Å². The maximum absolute atomic E-state index is 11.3. The minimum Gasteiger partial charge on any atom is -0.383 e. The molecular formula is C19H25N5O. The van der Waals surface area contributed by atoms with E-state index in [-0.39, 0.29) is 5.92 Å². The molecule has 1 aliphatic carbocycles. The average Bonchev–Trinajstić information content (AvgIpc) is 3.17. The van der Waals surface area contributed by atoms with Gasteiger partial charge in [0.05, 0.1) is 5.69 Å². The first-order valence-corrected chi connectivity index (χ1v) is 8.91. The van der Waals surface area contributed by atoms with Gasteiger partial charge in [-0.15, -0.1) is 0 Å². The molecule has 132 valence electrons. The lowest BCUT2D eigenvalue weighted by molar-refractivity contribution is -0.0108. The van der Waals surface area contributed by atoms with Crippen molar-refractivity contribution in [3.8, 4) is 0 Å². The molecule has 1 aliphatic heterocycles. The fraction of sp³-hybridized carbons (Fsp3) is 0.526. The van der Waals surface area contributed by atoms with Gasteiger partial charge in [0, 0.05) is 63.8 Å². The third kappa shape index (κ3) is 3.00. The van der Waals surface area contributed by atoms with E-state index in [2.05, 4.69) is 19.9 Å². The monoisotopic (exact) mass is 339 g/mol. The standard InChI is InChI=1S/C19H25N5O/c1-23(2)18-21-9-14(10-22-18)11-24-12-15-6-7-19(25,16(15)13-24)17-5-3-4-8-20-17/h3-5,8-10,15-16,25H,6-7,11-13H2,1-2H3. The first-order chi connectivity index (χ1) is 12.1. The molecule has 6 heteroatoms. The van der Waals surface area contributed by atoms with Gasteiger partial charge in [-0.2, -0.15) is 0 Å². The quantitative estimate of drug-likeness (QED) is 0.914. The van der Waals surface area contributed by atoms with Crippen molar-refractivity contribution in [3.05, 3.63) is 48.0 Å². The van der Waals surface area contributed by atoms with Crippen LogP contribution in [-0.2, 0) is 12.1 Å². The van der Waals surface area contributed by atoms with Crippen molar-refractivity contribution in [2.24, 2.45) is 11.8 Å². The summed E-state index contributed by atoms with van der Waals surface area (Å²) in [5.41, 5.74) is 1.15. The zero-order valence-corrected chi connectivity index (χ0v) is 14.8. The van der Waals surface area contributed by atoms with Gasteiger partial charge in [0.2, 0.25) is 5.95 Å². The molecule has 0 amide bonds. The van der Waals surface area contributed by atoms with Gasteiger partial charge in [0.15, 0.2) is 0 Å². The predicted octanol–water partition coefficient (Wildman–Crippen LogP) is 1.67. The molecule has 0 spiro atoms. The molecule has 2 fully saturated rings. The van der Waals surface area contributed by atoms with Crippen LogP contribution in [0.3, 0.4) is 0 Å². The number of nitrogens with zero attached hydrogens (tertiary/aromatic N) is 5. The second-order valence-electron chi connectivity index (χ2n) is 7.52. The van der Waals surface area contributed by atoms with E-state index in [1.54, 1.807) is 6.20 Å². The largest absolute Gasteiger partial charge is 0.383 e. The van der Waals surface area contributed by atoms with Crippen LogP contribution in [0, 0.1) is 11.8 Å². The molecule has 0 radical (unpaired) electrons. The summed E-state index contributed by atoms with van der Waals surface area (Å²) >= 11 is 0. The van der Waals surface area contributed by atoms with E-state index in [1.807, 2.05) is 49.6 Å². The SMILES string of the molecule is CN(C)c1ncc(CN2CC3CCC(O)(c4ccccn4)C3C2)cn1. The maximum atomic E-state index is 11.3. The number of aliphatic hydroxyl groups is 1. The van der Waals surface area contributed by atoms with Gasteiger partial charge in [-0.3, -0.25) is 9.88 Å². The Morgan fingerprint density at radius 3 is 2.68 bits per heavy atom. The summed E-state index contributed by atoms with van der Waals surface area (Å²) in [4.78, 5) is 17.5. The second kappa shape index (κ2) is 6.35. The van der Waals surface area contributed by atoms with Crippen LogP contribution in [0.5, 0.6) is 0 Å². The Morgan fingerprint density at radius 2 is 2.00 bits per heavy atom. The molecule has 25 heavy (non-hydrogen) atoms. The summed E-state index contributed by atoms with van der Waals surface area (Å²) in [6.45, 7) is 2.75. The highest BCUT2D eigenvalue weighted by atomic mass is 16.3. The number of hydrogen-bond acceptors (Lipinski definition) is 6. The Kier molecular flexibility index (Phi) is 4.17. The van der Waals surface area contributed by atoms with Crippen molar-refractivity contribution in [1.82, 2.24) is 19.9 Å². The number of hydrogen-bond donors (Lipinski definition) is 1. The first kappa shape index (κ1) is 16.4. The zero-order valence-electron chi connectivity index (χ0n) is 14.8. The highest BCUT2D eigenvalue weighted by Gasteiger charge is 2.52. The number of likely N-dealkylation sites (tertiary alicyclic amines) is 1. The Morgan fingerprint density at radius 1 is 1.20 bits per heavy atom. The lowest BCUT2D eigenvalue weighted by Crippen LogP contribution is -2.35. The molecule has 0 bridgehead atoms. The summed E-state index contributed by atoms with van der Waals surface area (Å²) in [6, 6.07) is 5.82. The Labute approximate surface area is 148 Å². The molecular weight excluding hydrogens is 314 g/mol. The zero-order chi connectivity index (χ0) is 17.4. The molecule has 3 heterocycles. The van der Waals surface area contributed by atoms with E-state index in [0.29, 0.717) is 5.92 Å². The molecule has 1 saturated heterocycles. The van der Waals surface area contributed by atoms with E-state index >= 15 is 0 Å². The van der Waals surface area contributed by atoms with Gasteiger partial charge in [0.1, 0.15) is 5.60 Å². The minimum atomic E-state index is -0.786. The van der Waals surface area contributed by atoms with Gasteiger partial charge in [-0.1, -0.05) is 6.07 Å². The van der Waals surface area contributed by atoms with Gasteiger partial charge in [0.25, 0.3) is 0 Å². The first-order valence-electron chi connectivity index (χ1n) is 8.91. The third-order valence-electron chi connectivity index (χ3n) is 5.63. The van der Waals surface area contributed by atoms with Gasteiger partial charge in [-0.05, 0) is 30.9 Å². The predicted molar refractivity (Wildman–Crippen MR) is 96.0 cm³/mol. The van der Waals surface area contributed by atoms with Crippen molar-refractivity contribution >= 4 is 5.95 Å². The topological polar surface area (TPSA) is 65.4 Å². The summed E-state index contributed by atoms with van der Waals surface area (Å²) in [5.74, 6) is 1.52. The number of aromatic nitrogens is 3. The van der Waals surface area contributed by atoms with Gasteiger partial charge >= 0.3 is 0 Å². The lowest BCUT2D eigenvalue weighted by atomic mass is 9.85. The summed E-state index contributed by atoms with van der Waals surface area (Å²) in [7, 11) is 3.88. The number of fused-ring (bicyclic) bond motifs is 1. The lowest BCUT2D eigenvalue weighted by Gasteiger charge is -2.29. The number of rotatable bonds is 4. The van der Waals surface area contributed by atoms with E-state index in [9.17, 15) is 5.11 Å². The molecule has 0 aromatic carbocycles. The molecule has 4 rings (SSSR count). The third-order valence-corrected chi connectivity index (χ3v) is 5.63. The number of anilines is 1.